The van der Waals surface area contributed by atoms with E-state index in [1.807, 2.05) is 6.92 Å². The Hall–Kier alpha value is -1.38. The van der Waals surface area contributed by atoms with Crippen LogP contribution in [0, 0.1) is 0 Å². The number of hydrogen-bond acceptors (Lipinski definition) is 2. The van der Waals surface area contributed by atoms with Gasteiger partial charge in [-0.1, -0.05) is 49.4 Å². The fourth-order valence-electron chi connectivity index (χ4n) is 2.70. The average Bonchev–Trinajstić information content (AvgIpc) is 2.50. The molecule has 0 aliphatic carbocycles. The lowest BCUT2D eigenvalue weighted by molar-refractivity contribution is 0.141. The van der Waals surface area contributed by atoms with Crippen LogP contribution in [-0.4, -0.2) is 19.8 Å². The summed E-state index contributed by atoms with van der Waals surface area (Å²) >= 11 is 0. The van der Waals surface area contributed by atoms with Gasteiger partial charge < -0.3 is 10.1 Å². The molecular formula is C18H25NO. The van der Waals surface area contributed by atoms with Gasteiger partial charge in [-0.05, 0) is 42.6 Å². The van der Waals surface area contributed by atoms with E-state index in [4.69, 9.17) is 4.74 Å². The van der Waals surface area contributed by atoms with Crippen LogP contribution in [0.1, 0.15) is 38.3 Å². The normalized spacial score (nSPS) is 12.7. The third-order valence-corrected chi connectivity index (χ3v) is 3.63. The van der Waals surface area contributed by atoms with Crippen molar-refractivity contribution in [2.24, 2.45) is 0 Å². The second kappa shape index (κ2) is 8.03. The number of rotatable bonds is 8. The van der Waals surface area contributed by atoms with E-state index in [0.29, 0.717) is 6.04 Å². The molecule has 1 atom stereocenters. The standard InChI is InChI=1S/C18H25NO/c1-3-19-18(13-8-14-20-4-2)17-12-7-10-15-9-5-6-11-16(15)17/h5-7,9-12,18-19H,3-4,8,13-14H2,1-2H3. The molecular weight excluding hydrogens is 246 g/mol. The molecule has 0 saturated carbocycles. The summed E-state index contributed by atoms with van der Waals surface area (Å²) in [5.41, 5.74) is 1.40. The predicted octanol–water partition coefficient (Wildman–Crippen LogP) is 4.31. The van der Waals surface area contributed by atoms with Crippen LogP contribution in [0.5, 0.6) is 0 Å². The van der Waals surface area contributed by atoms with Gasteiger partial charge in [0.2, 0.25) is 0 Å². The minimum Gasteiger partial charge on any atom is -0.382 e. The molecule has 2 aromatic rings. The summed E-state index contributed by atoms with van der Waals surface area (Å²) in [5, 5.41) is 6.29. The van der Waals surface area contributed by atoms with E-state index in [1.165, 1.54) is 16.3 Å². The summed E-state index contributed by atoms with van der Waals surface area (Å²) < 4.78 is 5.46. The molecule has 108 valence electrons. The van der Waals surface area contributed by atoms with E-state index >= 15 is 0 Å². The number of fused-ring (bicyclic) bond motifs is 1. The van der Waals surface area contributed by atoms with Crippen molar-refractivity contribution in [3.05, 3.63) is 48.0 Å². The van der Waals surface area contributed by atoms with Crippen LogP contribution in [0.4, 0.5) is 0 Å². The van der Waals surface area contributed by atoms with E-state index in [2.05, 4.69) is 54.7 Å². The van der Waals surface area contributed by atoms with Crippen LogP contribution in [0.3, 0.4) is 0 Å². The molecule has 0 bridgehead atoms. The Morgan fingerprint density at radius 1 is 1.05 bits per heavy atom. The summed E-state index contributed by atoms with van der Waals surface area (Å²) in [6.07, 6.45) is 2.20. The van der Waals surface area contributed by atoms with Crippen molar-refractivity contribution >= 4 is 10.8 Å². The molecule has 0 aromatic heterocycles. The first kappa shape index (κ1) is 15.0. The average molecular weight is 271 g/mol. The van der Waals surface area contributed by atoms with Gasteiger partial charge in [0, 0.05) is 19.3 Å². The van der Waals surface area contributed by atoms with Gasteiger partial charge >= 0.3 is 0 Å². The van der Waals surface area contributed by atoms with Crippen LogP contribution in [0.25, 0.3) is 10.8 Å². The summed E-state index contributed by atoms with van der Waals surface area (Å²) in [4.78, 5) is 0. The maximum Gasteiger partial charge on any atom is 0.0466 e. The van der Waals surface area contributed by atoms with Crippen LogP contribution in [0.15, 0.2) is 42.5 Å². The highest BCUT2D eigenvalue weighted by Crippen LogP contribution is 2.27. The van der Waals surface area contributed by atoms with Gasteiger partial charge in [-0.15, -0.1) is 0 Å². The summed E-state index contributed by atoms with van der Waals surface area (Å²) in [6.45, 7) is 6.86. The van der Waals surface area contributed by atoms with E-state index in [1.54, 1.807) is 0 Å². The molecule has 1 N–H and O–H groups in total. The molecule has 20 heavy (non-hydrogen) atoms. The molecule has 0 aliphatic heterocycles. The van der Waals surface area contributed by atoms with Crippen molar-refractivity contribution in [2.45, 2.75) is 32.7 Å². The van der Waals surface area contributed by atoms with Crippen molar-refractivity contribution in [2.75, 3.05) is 19.8 Å². The number of benzene rings is 2. The van der Waals surface area contributed by atoms with Gasteiger partial charge in [0.25, 0.3) is 0 Å². The highest BCUT2D eigenvalue weighted by molar-refractivity contribution is 5.86. The molecule has 2 rings (SSSR count). The summed E-state index contributed by atoms with van der Waals surface area (Å²) in [7, 11) is 0. The molecule has 2 nitrogen and oxygen atoms in total. The van der Waals surface area contributed by atoms with Crippen LogP contribution >= 0.6 is 0 Å². The topological polar surface area (TPSA) is 21.3 Å². The second-order valence-corrected chi connectivity index (χ2v) is 5.02. The number of ether oxygens (including phenoxy) is 1. The Labute approximate surface area is 122 Å². The molecule has 2 aromatic carbocycles. The Kier molecular flexibility index (Phi) is 6.03. The molecule has 0 fully saturated rings. The molecule has 0 saturated heterocycles. The lowest BCUT2D eigenvalue weighted by Gasteiger charge is -2.20. The van der Waals surface area contributed by atoms with Gasteiger partial charge in [-0.25, -0.2) is 0 Å². The molecule has 0 spiro atoms. The zero-order valence-corrected chi connectivity index (χ0v) is 12.6. The molecule has 1 unspecified atom stereocenters. The Morgan fingerprint density at radius 2 is 1.85 bits per heavy atom. The first-order valence-electron chi connectivity index (χ1n) is 7.65. The van der Waals surface area contributed by atoms with Crippen molar-refractivity contribution in [1.82, 2.24) is 5.32 Å². The van der Waals surface area contributed by atoms with Gasteiger partial charge in [0.1, 0.15) is 0 Å². The smallest absolute Gasteiger partial charge is 0.0466 e. The summed E-state index contributed by atoms with van der Waals surface area (Å²) in [6, 6.07) is 15.6. The third kappa shape index (κ3) is 3.81. The van der Waals surface area contributed by atoms with Gasteiger partial charge in [-0.2, -0.15) is 0 Å². The Morgan fingerprint density at radius 3 is 2.65 bits per heavy atom. The minimum atomic E-state index is 0.409. The van der Waals surface area contributed by atoms with Gasteiger partial charge in [-0.3, -0.25) is 0 Å². The van der Waals surface area contributed by atoms with Crippen LogP contribution in [0.2, 0.25) is 0 Å². The zero-order chi connectivity index (χ0) is 14.2. The van der Waals surface area contributed by atoms with Gasteiger partial charge in [0.15, 0.2) is 0 Å². The van der Waals surface area contributed by atoms with Crippen LogP contribution < -0.4 is 5.32 Å². The summed E-state index contributed by atoms with van der Waals surface area (Å²) in [5.74, 6) is 0. The lowest BCUT2D eigenvalue weighted by atomic mass is 9.96. The van der Waals surface area contributed by atoms with E-state index in [0.717, 1.165) is 32.6 Å². The van der Waals surface area contributed by atoms with Crippen molar-refractivity contribution in [1.29, 1.82) is 0 Å². The Bertz CT molecular complexity index is 518. The molecule has 0 aliphatic rings. The predicted molar refractivity (Wildman–Crippen MR) is 86.1 cm³/mol. The SMILES string of the molecule is CCNC(CCCOCC)c1cccc2ccccc12. The highest BCUT2D eigenvalue weighted by atomic mass is 16.5. The highest BCUT2D eigenvalue weighted by Gasteiger charge is 2.12. The van der Waals surface area contributed by atoms with Crippen molar-refractivity contribution < 1.29 is 4.74 Å². The first-order valence-corrected chi connectivity index (χ1v) is 7.65. The molecule has 0 heterocycles. The Balaban J connectivity index is 2.18. The monoisotopic (exact) mass is 271 g/mol. The third-order valence-electron chi connectivity index (χ3n) is 3.63. The fourth-order valence-corrected chi connectivity index (χ4v) is 2.70. The van der Waals surface area contributed by atoms with E-state index in [-0.39, 0.29) is 0 Å². The van der Waals surface area contributed by atoms with Crippen LogP contribution in [-0.2, 0) is 4.74 Å². The maximum absolute atomic E-state index is 5.46. The zero-order valence-electron chi connectivity index (χ0n) is 12.6. The quantitative estimate of drug-likeness (QED) is 0.722. The van der Waals surface area contributed by atoms with E-state index in [9.17, 15) is 0 Å². The van der Waals surface area contributed by atoms with E-state index < -0.39 is 0 Å². The molecule has 2 heteroatoms. The van der Waals surface area contributed by atoms with Crippen molar-refractivity contribution in [3.63, 3.8) is 0 Å². The maximum atomic E-state index is 5.46. The minimum absolute atomic E-state index is 0.409. The molecule has 0 amide bonds. The number of hydrogen-bond donors (Lipinski definition) is 1. The largest absolute Gasteiger partial charge is 0.382 e. The number of nitrogens with one attached hydrogen (secondary N) is 1. The van der Waals surface area contributed by atoms with Gasteiger partial charge in [0.05, 0.1) is 0 Å². The second-order valence-electron chi connectivity index (χ2n) is 5.02. The lowest BCUT2D eigenvalue weighted by Crippen LogP contribution is -2.21. The first-order chi connectivity index (χ1) is 9.86. The van der Waals surface area contributed by atoms with Crippen molar-refractivity contribution in [3.8, 4) is 0 Å². The molecule has 0 radical (unpaired) electrons. The fraction of sp³-hybridized carbons (Fsp3) is 0.444.